The van der Waals surface area contributed by atoms with Crippen molar-refractivity contribution in [3.8, 4) is 0 Å². The van der Waals surface area contributed by atoms with Gasteiger partial charge in [0.15, 0.2) is 5.11 Å². The number of rotatable bonds is 1. The van der Waals surface area contributed by atoms with Gasteiger partial charge in [0, 0.05) is 11.1 Å². The molecule has 0 unspecified atom stereocenters. The van der Waals surface area contributed by atoms with Crippen LogP contribution in [0.3, 0.4) is 0 Å². The van der Waals surface area contributed by atoms with Crippen molar-refractivity contribution in [2.75, 3.05) is 0 Å². The van der Waals surface area contributed by atoms with E-state index in [0.29, 0.717) is 5.41 Å². The first-order valence-corrected chi connectivity index (χ1v) is 5.26. The highest BCUT2D eigenvalue weighted by atomic mass is 32.1. The Bertz CT molecular complexity index is 254. The van der Waals surface area contributed by atoms with Gasteiger partial charge in [-0.3, -0.25) is 5.43 Å². The van der Waals surface area contributed by atoms with Crippen molar-refractivity contribution in [1.82, 2.24) is 5.43 Å². The predicted molar refractivity (Wildman–Crippen MR) is 57.5 cm³/mol. The first-order chi connectivity index (χ1) is 6.23. The lowest BCUT2D eigenvalue weighted by Gasteiger charge is -2.39. The van der Waals surface area contributed by atoms with Crippen molar-refractivity contribution in [2.24, 2.45) is 16.3 Å². The zero-order valence-electron chi connectivity index (χ0n) is 7.68. The molecule has 0 aromatic heterocycles. The molecule has 2 aliphatic carbocycles. The summed E-state index contributed by atoms with van der Waals surface area (Å²) in [7, 11) is 0. The summed E-state index contributed by atoms with van der Waals surface area (Å²) >= 11 is 4.71. The summed E-state index contributed by atoms with van der Waals surface area (Å²) in [5.41, 5.74) is 9.75. The second-order valence-corrected chi connectivity index (χ2v) is 4.46. The Balaban J connectivity index is 2.00. The van der Waals surface area contributed by atoms with Crippen LogP contribution in [-0.4, -0.2) is 10.8 Å². The predicted octanol–water partition coefficient (Wildman–Crippen LogP) is 1.53. The highest BCUT2D eigenvalue weighted by Gasteiger charge is 2.45. The topological polar surface area (TPSA) is 50.4 Å². The van der Waals surface area contributed by atoms with E-state index in [-0.39, 0.29) is 5.11 Å². The van der Waals surface area contributed by atoms with Gasteiger partial charge in [-0.05, 0) is 37.9 Å². The molecule has 72 valence electrons. The minimum absolute atomic E-state index is 0.271. The zero-order valence-corrected chi connectivity index (χ0v) is 8.49. The van der Waals surface area contributed by atoms with Crippen LogP contribution in [0.4, 0.5) is 0 Å². The lowest BCUT2D eigenvalue weighted by atomic mass is 9.66. The Morgan fingerprint density at radius 3 is 2.54 bits per heavy atom. The molecule has 2 saturated carbocycles. The lowest BCUT2D eigenvalue weighted by molar-refractivity contribution is 0.337. The van der Waals surface area contributed by atoms with Crippen molar-refractivity contribution in [3.05, 3.63) is 0 Å². The monoisotopic (exact) mass is 197 g/mol. The number of nitrogens with one attached hydrogen (secondary N) is 1. The summed E-state index contributed by atoms with van der Waals surface area (Å²) in [4.78, 5) is 0. The molecule has 0 heterocycles. The van der Waals surface area contributed by atoms with Gasteiger partial charge in [0.1, 0.15) is 0 Å². The van der Waals surface area contributed by atoms with Gasteiger partial charge in [0.25, 0.3) is 0 Å². The Labute approximate surface area is 83.8 Å². The number of thiocarbonyl (C=S) groups is 1. The van der Waals surface area contributed by atoms with Crippen LogP contribution in [0.5, 0.6) is 0 Å². The standard InChI is InChI=1S/C9H15N3S/c10-8(13)12-11-7-3-6-9(7)4-1-2-5-9/h1-6H2,(H3,10,12,13)/b11-7+. The Kier molecular flexibility index (Phi) is 2.24. The molecule has 0 aromatic carbocycles. The first-order valence-electron chi connectivity index (χ1n) is 4.85. The van der Waals surface area contributed by atoms with Gasteiger partial charge in [-0.1, -0.05) is 12.8 Å². The minimum Gasteiger partial charge on any atom is -0.375 e. The van der Waals surface area contributed by atoms with Crippen LogP contribution < -0.4 is 11.2 Å². The van der Waals surface area contributed by atoms with Gasteiger partial charge in [0.05, 0.1) is 0 Å². The van der Waals surface area contributed by atoms with Crippen LogP contribution in [0, 0.1) is 5.41 Å². The Morgan fingerprint density at radius 2 is 2.08 bits per heavy atom. The smallest absolute Gasteiger partial charge is 0.184 e. The summed E-state index contributed by atoms with van der Waals surface area (Å²) in [6.07, 6.45) is 7.76. The van der Waals surface area contributed by atoms with Crippen molar-refractivity contribution < 1.29 is 0 Å². The second kappa shape index (κ2) is 3.25. The fourth-order valence-corrected chi connectivity index (χ4v) is 2.52. The molecule has 0 aliphatic heterocycles. The molecule has 0 atom stereocenters. The third kappa shape index (κ3) is 1.55. The van der Waals surface area contributed by atoms with E-state index in [2.05, 4.69) is 10.5 Å². The molecule has 2 aliphatic rings. The molecule has 0 saturated heterocycles. The molecule has 2 rings (SSSR count). The van der Waals surface area contributed by atoms with Gasteiger partial charge in [-0.2, -0.15) is 5.10 Å². The number of hydrogen-bond acceptors (Lipinski definition) is 2. The molecule has 0 bridgehead atoms. The molecule has 0 amide bonds. The van der Waals surface area contributed by atoms with Crippen LogP contribution in [-0.2, 0) is 0 Å². The summed E-state index contributed by atoms with van der Waals surface area (Å²) in [6, 6.07) is 0. The average molecular weight is 197 g/mol. The van der Waals surface area contributed by atoms with Gasteiger partial charge in [-0.25, -0.2) is 0 Å². The number of hydrogen-bond donors (Lipinski definition) is 2. The van der Waals surface area contributed by atoms with Gasteiger partial charge in [-0.15, -0.1) is 0 Å². The van der Waals surface area contributed by atoms with Crippen LogP contribution in [0.1, 0.15) is 38.5 Å². The van der Waals surface area contributed by atoms with Crippen LogP contribution in [0.25, 0.3) is 0 Å². The van der Waals surface area contributed by atoms with Gasteiger partial charge >= 0.3 is 0 Å². The van der Waals surface area contributed by atoms with Crippen molar-refractivity contribution in [3.63, 3.8) is 0 Å². The maximum Gasteiger partial charge on any atom is 0.184 e. The Morgan fingerprint density at radius 1 is 1.38 bits per heavy atom. The largest absolute Gasteiger partial charge is 0.375 e. The molecule has 2 fully saturated rings. The van der Waals surface area contributed by atoms with Crippen molar-refractivity contribution in [1.29, 1.82) is 0 Å². The van der Waals surface area contributed by atoms with Crippen LogP contribution in [0.15, 0.2) is 5.10 Å². The Hall–Kier alpha value is -0.640. The van der Waals surface area contributed by atoms with Gasteiger partial charge in [0.2, 0.25) is 0 Å². The highest BCUT2D eigenvalue weighted by Crippen LogP contribution is 2.50. The van der Waals surface area contributed by atoms with E-state index in [1.165, 1.54) is 37.8 Å². The molecule has 4 heteroatoms. The molecular formula is C9H15N3S. The summed E-state index contributed by atoms with van der Waals surface area (Å²) < 4.78 is 0. The quantitative estimate of drug-likeness (QED) is 0.495. The number of nitrogens with two attached hydrogens (primary N) is 1. The van der Waals surface area contributed by atoms with E-state index in [1.54, 1.807) is 0 Å². The van der Waals surface area contributed by atoms with Gasteiger partial charge < -0.3 is 5.73 Å². The van der Waals surface area contributed by atoms with E-state index >= 15 is 0 Å². The van der Waals surface area contributed by atoms with Crippen molar-refractivity contribution >= 4 is 23.0 Å². The molecular weight excluding hydrogens is 182 g/mol. The number of nitrogens with zero attached hydrogens (tertiary/aromatic N) is 1. The number of hydrazone groups is 1. The molecule has 0 aromatic rings. The molecule has 0 radical (unpaired) electrons. The third-order valence-electron chi connectivity index (χ3n) is 3.31. The van der Waals surface area contributed by atoms with Crippen LogP contribution >= 0.6 is 12.2 Å². The SMILES string of the molecule is NC(=S)N/N=C1\CCC12CCCC2. The van der Waals surface area contributed by atoms with Crippen LogP contribution in [0.2, 0.25) is 0 Å². The maximum absolute atomic E-state index is 5.32. The fraction of sp³-hybridized carbons (Fsp3) is 0.778. The maximum atomic E-state index is 5.32. The molecule has 3 N–H and O–H groups in total. The average Bonchev–Trinajstić information content (AvgIpc) is 2.51. The molecule has 13 heavy (non-hydrogen) atoms. The molecule has 1 spiro atoms. The van der Waals surface area contributed by atoms with Crippen molar-refractivity contribution in [2.45, 2.75) is 38.5 Å². The summed E-state index contributed by atoms with van der Waals surface area (Å²) in [6.45, 7) is 0. The normalized spacial score (nSPS) is 27.5. The summed E-state index contributed by atoms with van der Waals surface area (Å²) in [5, 5.41) is 4.54. The summed E-state index contributed by atoms with van der Waals surface area (Å²) in [5.74, 6) is 0. The lowest BCUT2D eigenvalue weighted by Crippen LogP contribution is -2.40. The second-order valence-electron chi connectivity index (χ2n) is 4.02. The van der Waals surface area contributed by atoms with E-state index in [9.17, 15) is 0 Å². The zero-order chi connectivity index (χ0) is 9.31. The first kappa shape index (κ1) is 8.94. The van der Waals surface area contributed by atoms with E-state index < -0.39 is 0 Å². The highest BCUT2D eigenvalue weighted by molar-refractivity contribution is 7.80. The van der Waals surface area contributed by atoms with E-state index in [0.717, 1.165) is 6.42 Å². The fourth-order valence-electron chi connectivity index (χ4n) is 2.48. The third-order valence-corrected chi connectivity index (χ3v) is 3.41. The van der Waals surface area contributed by atoms with E-state index in [1.807, 2.05) is 0 Å². The minimum atomic E-state index is 0.271. The molecule has 3 nitrogen and oxygen atoms in total. The van der Waals surface area contributed by atoms with E-state index in [4.69, 9.17) is 18.0 Å².